The number of hydrogen-bond acceptors (Lipinski definition) is 4. The zero-order valence-corrected chi connectivity index (χ0v) is 15.0. The van der Waals surface area contributed by atoms with Crippen LogP contribution in [0, 0.1) is 12.7 Å². The van der Waals surface area contributed by atoms with Crippen molar-refractivity contribution in [1.29, 1.82) is 0 Å². The number of carbonyl (C=O) groups is 1. The second kappa shape index (κ2) is 8.96. The van der Waals surface area contributed by atoms with E-state index in [1.807, 2.05) is 23.1 Å². The Balaban J connectivity index is 1.54. The molecule has 1 amide bonds. The fraction of sp³-hybridized carbons (Fsp3) is 0.450. The molecule has 0 spiro atoms. The molecule has 1 fully saturated rings. The van der Waals surface area contributed by atoms with Crippen LogP contribution in [0.2, 0.25) is 0 Å². The van der Waals surface area contributed by atoms with E-state index in [4.69, 9.17) is 9.15 Å². The van der Waals surface area contributed by atoms with Crippen molar-refractivity contribution < 1.29 is 18.3 Å². The molecule has 1 N–H and O–H groups in total. The first-order valence-electron chi connectivity index (χ1n) is 8.98. The van der Waals surface area contributed by atoms with Crippen LogP contribution in [0.4, 0.5) is 4.39 Å². The first kappa shape index (κ1) is 18.6. The summed E-state index contributed by atoms with van der Waals surface area (Å²) in [4.78, 5) is 14.4. The van der Waals surface area contributed by atoms with Gasteiger partial charge in [-0.3, -0.25) is 9.69 Å². The van der Waals surface area contributed by atoms with Gasteiger partial charge in [-0.25, -0.2) is 4.39 Å². The minimum atomic E-state index is -0.255. The van der Waals surface area contributed by atoms with Crippen LogP contribution < -0.4 is 5.32 Å². The molecule has 26 heavy (non-hydrogen) atoms. The van der Waals surface area contributed by atoms with Crippen LogP contribution in [0.3, 0.4) is 0 Å². The average Bonchev–Trinajstić information content (AvgIpc) is 3.30. The van der Waals surface area contributed by atoms with Gasteiger partial charge < -0.3 is 14.5 Å². The second-order valence-electron chi connectivity index (χ2n) is 6.74. The van der Waals surface area contributed by atoms with Gasteiger partial charge in [-0.15, -0.1) is 0 Å². The third-order valence-corrected chi connectivity index (χ3v) is 4.54. The van der Waals surface area contributed by atoms with Crippen molar-refractivity contribution in [2.75, 3.05) is 19.7 Å². The van der Waals surface area contributed by atoms with E-state index in [1.54, 1.807) is 19.3 Å². The van der Waals surface area contributed by atoms with Crippen LogP contribution in [-0.4, -0.2) is 36.6 Å². The summed E-state index contributed by atoms with van der Waals surface area (Å²) >= 11 is 0. The third-order valence-electron chi connectivity index (χ3n) is 4.54. The standard InChI is InChI=1S/C20H25FN2O3/c1-15-6-7-16(10-19(15)21)11-22-20(24)14-23(12-17-4-2-8-25-17)13-18-5-3-9-26-18/h2,4,6-8,10,18H,3,5,9,11-14H2,1H3,(H,22,24). The van der Waals surface area contributed by atoms with E-state index in [-0.39, 0.29) is 24.4 Å². The molecule has 1 unspecified atom stereocenters. The monoisotopic (exact) mass is 360 g/mol. The molecule has 1 aromatic heterocycles. The molecule has 0 aliphatic carbocycles. The van der Waals surface area contributed by atoms with Crippen molar-refractivity contribution in [3.63, 3.8) is 0 Å². The molecule has 2 aromatic rings. The molecule has 1 aliphatic heterocycles. The molecule has 1 atom stereocenters. The maximum atomic E-state index is 13.6. The Hall–Kier alpha value is -2.18. The normalized spacial score (nSPS) is 17.0. The summed E-state index contributed by atoms with van der Waals surface area (Å²) in [7, 11) is 0. The number of benzene rings is 1. The number of halogens is 1. The number of amides is 1. The Morgan fingerprint density at radius 3 is 2.96 bits per heavy atom. The molecule has 140 valence electrons. The van der Waals surface area contributed by atoms with E-state index in [0.29, 0.717) is 25.2 Å². The highest BCUT2D eigenvalue weighted by molar-refractivity contribution is 5.78. The van der Waals surface area contributed by atoms with Crippen LogP contribution in [-0.2, 0) is 22.6 Å². The van der Waals surface area contributed by atoms with Crippen molar-refractivity contribution >= 4 is 5.91 Å². The van der Waals surface area contributed by atoms with Gasteiger partial charge in [-0.2, -0.15) is 0 Å². The second-order valence-corrected chi connectivity index (χ2v) is 6.74. The Kier molecular flexibility index (Phi) is 6.41. The summed E-state index contributed by atoms with van der Waals surface area (Å²) < 4.78 is 24.7. The number of nitrogens with one attached hydrogen (secondary N) is 1. The van der Waals surface area contributed by atoms with Gasteiger partial charge in [0.15, 0.2) is 0 Å². The minimum Gasteiger partial charge on any atom is -0.468 e. The molecule has 6 heteroatoms. The highest BCUT2D eigenvalue weighted by Crippen LogP contribution is 2.15. The van der Waals surface area contributed by atoms with E-state index >= 15 is 0 Å². The summed E-state index contributed by atoms with van der Waals surface area (Å²) in [6, 6.07) is 8.74. The van der Waals surface area contributed by atoms with E-state index in [2.05, 4.69) is 5.32 Å². The van der Waals surface area contributed by atoms with Crippen LogP contribution in [0.1, 0.15) is 29.7 Å². The Labute approximate surface area is 153 Å². The van der Waals surface area contributed by atoms with Crippen molar-refractivity contribution in [3.8, 4) is 0 Å². The van der Waals surface area contributed by atoms with Crippen LogP contribution in [0.15, 0.2) is 41.0 Å². The summed E-state index contributed by atoms with van der Waals surface area (Å²) in [6.45, 7) is 4.30. The summed E-state index contributed by atoms with van der Waals surface area (Å²) in [5.41, 5.74) is 1.35. The number of carbonyl (C=O) groups excluding carboxylic acids is 1. The van der Waals surface area contributed by atoms with Gasteiger partial charge in [0.25, 0.3) is 0 Å². The molecule has 5 nitrogen and oxygen atoms in total. The topological polar surface area (TPSA) is 54.7 Å². The van der Waals surface area contributed by atoms with Gasteiger partial charge in [0.05, 0.1) is 25.5 Å². The van der Waals surface area contributed by atoms with E-state index in [0.717, 1.165) is 30.8 Å². The van der Waals surface area contributed by atoms with Crippen molar-refractivity contribution in [2.45, 2.75) is 39.0 Å². The highest BCUT2D eigenvalue weighted by atomic mass is 19.1. The molecular formula is C20H25FN2O3. The molecule has 1 aromatic carbocycles. The van der Waals surface area contributed by atoms with Gasteiger partial charge in [0.1, 0.15) is 11.6 Å². The number of aryl methyl sites for hydroxylation is 1. The molecule has 0 bridgehead atoms. The molecule has 1 saturated heterocycles. The van der Waals surface area contributed by atoms with Crippen LogP contribution >= 0.6 is 0 Å². The largest absolute Gasteiger partial charge is 0.468 e. The minimum absolute atomic E-state index is 0.101. The van der Waals surface area contributed by atoms with Crippen molar-refractivity contribution in [3.05, 3.63) is 59.3 Å². The fourth-order valence-electron chi connectivity index (χ4n) is 3.09. The lowest BCUT2D eigenvalue weighted by molar-refractivity contribution is -0.123. The number of furan rings is 1. The maximum Gasteiger partial charge on any atom is 0.234 e. The zero-order chi connectivity index (χ0) is 18.4. The number of rotatable bonds is 8. The predicted molar refractivity (Wildman–Crippen MR) is 95.9 cm³/mol. The van der Waals surface area contributed by atoms with E-state index < -0.39 is 0 Å². The summed E-state index contributed by atoms with van der Waals surface area (Å²) in [5, 5.41) is 2.86. The molecule has 2 heterocycles. The lowest BCUT2D eigenvalue weighted by atomic mass is 10.1. The highest BCUT2D eigenvalue weighted by Gasteiger charge is 2.21. The average molecular weight is 360 g/mol. The maximum absolute atomic E-state index is 13.6. The Bertz CT molecular complexity index is 712. The van der Waals surface area contributed by atoms with Crippen LogP contribution in [0.5, 0.6) is 0 Å². The number of hydrogen-bond donors (Lipinski definition) is 1. The molecule has 0 saturated carbocycles. The zero-order valence-electron chi connectivity index (χ0n) is 15.0. The van der Waals surface area contributed by atoms with Gasteiger partial charge >= 0.3 is 0 Å². The predicted octanol–water partition coefficient (Wildman–Crippen LogP) is 3.02. The molecule has 0 radical (unpaired) electrons. The Morgan fingerprint density at radius 2 is 2.27 bits per heavy atom. The van der Waals surface area contributed by atoms with E-state index in [1.165, 1.54) is 6.07 Å². The number of ether oxygens (including phenoxy) is 1. The van der Waals surface area contributed by atoms with Gasteiger partial charge in [0, 0.05) is 19.7 Å². The van der Waals surface area contributed by atoms with Gasteiger partial charge in [-0.1, -0.05) is 12.1 Å². The third kappa shape index (κ3) is 5.41. The first-order chi connectivity index (χ1) is 12.6. The SMILES string of the molecule is Cc1ccc(CNC(=O)CN(Cc2ccco2)CC2CCCO2)cc1F. The van der Waals surface area contributed by atoms with Gasteiger partial charge in [0.2, 0.25) is 5.91 Å². The quantitative estimate of drug-likeness (QED) is 0.786. The smallest absolute Gasteiger partial charge is 0.234 e. The lowest BCUT2D eigenvalue weighted by Crippen LogP contribution is -2.40. The van der Waals surface area contributed by atoms with Crippen molar-refractivity contribution in [1.82, 2.24) is 10.2 Å². The van der Waals surface area contributed by atoms with Crippen LogP contribution in [0.25, 0.3) is 0 Å². The van der Waals surface area contributed by atoms with E-state index in [9.17, 15) is 9.18 Å². The molecule has 3 rings (SSSR count). The first-order valence-corrected chi connectivity index (χ1v) is 8.98. The van der Waals surface area contributed by atoms with Crippen molar-refractivity contribution in [2.24, 2.45) is 0 Å². The molecule has 1 aliphatic rings. The lowest BCUT2D eigenvalue weighted by Gasteiger charge is -2.23. The summed E-state index contributed by atoms with van der Waals surface area (Å²) in [6.07, 6.45) is 3.86. The fourth-order valence-corrected chi connectivity index (χ4v) is 3.09. The Morgan fingerprint density at radius 1 is 1.38 bits per heavy atom. The summed E-state index contributed by atoms with van der Waals surface area (Å²) in [5.74, 6) is 0.460. The van der Waals surface area contributed by atoms with Gasteiger partial charge in [-0.05, 0) is 49.1 Å². The molecular weight excluding hydrogens is 335 g/mol. The number of nitrogens with zero attached hydrogens (tertiary/aromatic N) is 1.